The summed E-state index contributed by atoms with van der Waals surface area (Å²) in [5.74, 6) is 3.05. The standard InChI is InChI=1S/C11H8BrNO/c1-3-8(2)14-11-5-9(7-13)4-10(12)6-11/h1,4-6,8H,2H3. The second kappa shape index (κ2) is 4.69. The number of rotatable bonds is 2. The minimum Gasteiger partial charge on any atom is -0.478 e. The smallest absolute Gasteiger partial charge is 0.156 e. The molecule has 70 valence electrons. The van der Waals surface area contributed by atoms with E-state index >= 15 is 0 Å². The summed E-state index contributed by atoms with van der Waals surface area (Å²) in [5, 5.41) is 8.71. The van der Waals surface area contributed by atoms with Crippen LogP contribution in [0.15, 0.2) is 22.7 Å². The van der Waals surface area contributed by atoms with Crippen molar-refractivity contribution in [3.63, 3.8) is 0 Å². The number of nitriles is 1. The van der Waals surface area contributed by atoms with E-state index in [-0.39, 0.29) is 6.10 Å². The van der Waals surface area contributed by atoms with Crippen LogP contribution in [0, 0.1) is 23.7 Å². The van der Waals surface area contributed by atoms with Crippen molar-refractivity contribution in [2.24, 2.45) is 0 Å². The molecule has 1 rings (SSSR count). The Kier molecular flexibility index (Phi) is 3.56. The van der Waals surface area contributed by atoms with Gasteiger partial charge in [-0.05, 0) is 25.1 Å². The minimum atomic E-state index is -0.296. The largest absolute Gasteiger partial charge is 0.478 e. The van der Waals surface area contributed by atoms with Gasteiger partial charge in [0, 0.05) is 4.47 Å². The lowest BCUT2D eigenvalue weighted by atomic mass is 10.2. The summed E-state index contributed by atoms with van der Waals surface area (Å²) in [4.78, 5) is 0. The molecule has 3 heteroatoms. The zero-order valence-corrected chi connectivity index (χ0v) is 9.21. The van der Waals surface area contributed by atoms with Crippen LogP contribution in [0.1, 0.15) is 12.5 Å². The normalized spacial score (nSPS) is 11.1. The summed E-state index contributed by atoms with van der Waals surface area (Å²) in [6, 6.07) is 7.18. The Balaban J connectivity index is 2.95. The zero-order chi connectivity index (χ0) is 10.6. The van der Waals surface area contributed by atoms with Gasteiger partial charge in [-0.3, -0.25) is 0 Å². The molecule has 0 saturated heterocycles. The van der Waals surface area contributed by atoms with E-state index < -0.39 is 0 Å². The molecule has 0 spiro atoms. The maximum absolute atomic E-state index is 8.71. The summed E-state index contributed by atoms with van der Waals surface area (Å²) in [6.45, 7) is 1.77. The molecular formula is C11H8BrNO. The van der Waals surface area contributed by atoms with Gasteiger partial charge in [-0.15, -0.1) is 6.42 Å². The van der Waals surface area contributed by atoms with E-state index in [1.807, 2.05) is 6.07 Å². The molecule has 0 aliphatic rings. The number of hydrogen-bond donors (Lipinski definition) is 0. The van der Waals surface area contributed by atoms with Gasteiger partial charge in [0.25, 0.3) is 0 Å². The fraction of sp³-hybridized carbons (Fsp3) is 0.182. The molecule has 0 amide bonds. The van der Waals surface area contributed by atoms with Crippen LogP contribution in [-0.4, -0.2) is 6.10 Å². The highest BCUT2D eigenvalue weighted by atomic mass is 79.9. The van der Waals surface area contributed by atoms with Crippen LogP contribution in [0.2, 0.25) is 0 Å². The molecule has 1 aromatic carbocycles. The average molecular weight is 250 g/mol. The molecule has 0 N–H and O–H groups in total. The van der Waals surface area contributed by atoms with E-state index in [2.05, 4.69) is 21.9 Å². The molecule has 0 heterocycles. The minimum absolute atomic E-state index is 0.296. The van der Waals surface area contributed by atoms with Gasteiger partial charge in [0.15, 0.2) is 6.10 Å². The van der Waals surface area contributed by atoms with Crippen molar-refractivity contribution in [3.8, 4) is 24.2 Å². The monoisotopic (exact) mass is 249 g/mol. The fourth-order valence-corrected chi connectivity index (χ4v) is 1.41. The topological polar surface area (TPSA) is 33.0 Å². The molecule has 0 aromatic heterocycles. The maximum Gasteiger partial charge on any atom is 0.156 e. The molecule has 14 heavy (non-hydrogen) atoms. The van der Waals surface area contributed by atoms with Crippen molar-refractivity contribution in [1.29, 1.82) is 5.26 Å². The van der Waals surface area contributed by atoms with E-state index in [9.17, 15) is 0 Å². The van der Waals surface area contributed by atoms with Crippen LogP contribution < -0.4 is 4.74 Å². The van der Waals surface area contributed by atoms with Gasteiger partial charge >= 0.3 is 0 Å². The Morgan fingerprint density at radius 2 is 2.21 bits per heavy atom. The average Bonchev–Trinajstić information content (AvgIpc) is 2.16. The third-order valence-electron chi connectivity index (χ3n) is 1.55. The van der Waals surface area contributed by atoms with Crippen LogP contribution in [0.3, 0.4) is 0 Å². The molecule has 2 nitrogen and oxygen atoms in total. The van der Waals surface area contributed by atoms with Crippen molar-refractivity contribution in [2.45, 2.75) is 13.0 Å². The summed E-state index contributed by atoms with van der Waals surface area (Å²) in [5.41, 5.74) is 0.540. The van der Waals surface area contributed by atoms with Gasteiger partial charge in [-0.25, -0.2) is 0 Å². The zero-order valence-electron chi connectivity index (χ0n) is 7.62. The second-order valence-corrected chi connectivity index (χ2v) is 3.63. The molecule has 0 fully saturated rings. The summed E-state index contributed by atoms with van der Waals surface area (Å²) < 4.78 is 6.17. The third kappa shape index (κ3) is 2.80. The number of ether oxygens (including phenoxy) is 1. The predicted octanol–water partition coefficient (Wildman–Crippen LogP) is 2.72. The van der Waals surface area contributed by atoms with Gasteiger partial charge in [-0.2, -0.15) is 5.26 Å². The first-order valence-corrected chi connectivity index (χ1v) is 4.78. The highest BCUT2D eigenvalue weighted by Gasteiger charge is 2.02. The van der Waals surface area contributed by atoms with Gasteiger partial charge in [0.2, 0.25) is 0 Å². The summed E-state index contributed by atoms with van der Waals surface area (Å²) >= 11 is 3.28. The first kappa shape index (κ1) is 10.6. The molecular weight excluding hydrogens is 242 g/mol. The molecule has 1 aromatic rings. The van der Waals surface area contributed by atoms with Crippen LogP contribution >= 0.6 is 15.9 Å². The van der Waals surface area contributed by atoms with E-state index in [0.717, 1.165) is 4.47 Å². The van der Waals surface area contributed by atoms with Gasteiger partial charge < -0.3 is 4.74 Å². The number of nitrogens with zero attached hydrogens (tertiary/aromatic N) is 1. The molecule has 0 aliphatic heterocycles. The lowest BCUT2D eigenvalue weighted by molar-refractivity contribution is 0.279. The fourth-order valence-electron chi connectivity index (χ4n) is 0.933. The SMILES string of the molecule is C#CC(C)Oc1cc(Br)cc(C#N)c1. The van der Waals surface area contributed by atoms with Crippen molar-refractivity contribution in [3.05, 3.63) is 28.2 Å². The number of hydrogen-bond acceptors (Lipinski definition) is 2. The molecule has 0 saturated carbocycles. The Morgan fingerprint density at radius 3 is 2.79 bits per heavy atom. The lowest BCUT2D eigenvalue weighted by Gasteiger charge is -2.09. The van der Waals surface area contributed by atoms with E-state index in [1.54, 1.807) is 25.1 Å². The van der Waals surface area contributed by atoms with E-state index in [4.69, 9.17) is 16.4 Å². The maximum atomic E-state index is 8.71. The predicted molar refractivity (Wildman–Crippen MR) is 57.8 cm³/mol. The highest BCUT2D eigenvalue weighted by molar-refractivity contribution is 9.10. The lowest BCUT2D eigenvalue weighted by Crippen LogP contribution is -2.08. The first-order valence-electron chi connectivity index (χ1n) is 3.99. The van der Waals surface area contributed by atoms with Gasteiger partial charge in [-0.1, -0.05) is 21.9 Å². The first-order chi connectivity index (χ1) is 6.65. The number of terminal acetylenes is 1. The number of halogens is 1. The number of benzene rings is 1. The van der Waals surface area contributed by atoms with Crippen molar-refractivity contribution in [2.75, 3.05) is 0 Å². The Morgan fingerprint density at radius 1 is 1.50 bits per heavy atom. The Labute approximate surface area is 91.6 Å². The third-order valence-corrected chi connectivity index (χ3v) is 2.01. The van der Waals surface area contributed by atoms with Gasteiger partial charge in [0.05, 0.1) is 11.6 Å². The molecule has 1 atom stereocenters. The molecule has 0 aliphatic carbocycles. The molecule has 0 radical (unpaired) electrons. The quantitative estimate of drug-likeness (QED) is 0.756. The molecule has 0 bridgehead atoms. The summed E-state index contributed by atoms with van der Waals surface area (Å²) in [6.07, 6.45) is 4.88. The van der Waals surface area contributed by atoms with Crippen molar-refractivity contribution in [1.82, 2.24) is 0 Å². The van der Waals surface area contributed by atoms with Crippen LogP contribution in [0.4, 0.5) is 0 Å². The Bertz CT molecular complexity index is 414. The Hall–Kier alpha value is -1.45. The van der Waals surface area contributed by atoms with Crippen molar-refractivity contribution >= 4 is 15.9 Å². The van der Waals surface area contributed by atoms with E-state index in [0.29, 0.717) is 11.3 Å². The van der Waals surface area contributed by atoms with E-state index in [1.165, 1.54) is 0 Å². The van der Waals surface area contributed by atoms with Crippen LogP contribution in [0.25, 0.3) is 0 Å². The van der Waals surface area contributed by atoms with Crippen LogP contribution in [0.5, 0.6) is 5.75 Å². The summed E-state index contributed by atoms with van der Waals surface area (Å²) in [7, 11) is 0. The van der Waals surface area contributed by atoms with Gasteiger partial charge in [0.1, 0.15) is 5.75 Å². The van der Waals surface area contributed by atoms with Crippen LogP contribution in [-0.2, 0) is 0 Å². The van der Waals surface area contributed by atoms with Crippen molar-refractivity contribution < 1.29 is 4.74 Å². The molecule has 1 unspecified atom stereocenters. The second-order valence-electron chi connectivity index (χ2n) is 2.71. The highest BCUT2D eigenvalue weighted by Crippen LogP contribution is 2.21.